The summed E-state index contributed by atoms with van der Waals surface area (Å²) in [6, 6.07) is 9.99. The zero-order valence-corrected chi connectivity index (χ0v) is 6.56. The van der Waals surface area contributed by atoms with Crippen LogP contribution in [0.2, 0.25) is 0 Å². The first-order valence-electron chi connectivity index (χ1n) is 3.27. The van der Waals surface area contributed by atoms with E-state index in [9.17, 15) is 0 Å². The first kappa shape index (κ1) is 6.55. The van der Waals surface area contributed by atoms with Gasteiger partial charge in [-0.3, -0.25) is 0 Å². The van der Waals surface area contributed by atoms with Gasteiger partial charge in [-0.05, 0) is 0 Å². The molecule has 0 spiro atoms. The molecule has 0 amide bonds. The molecule has 0 saturated heterocycles. The van der Waals surface area contributed by atoms with Gasteiger partial charge < -0.3 is 0 Å². The molecule has 0 aliphatic carbocycles. The Morgan fingerprint density at radius 2 is 2.00 bits per heavy atom. The Kier molecular flexibility index (Phi) is 1.69. The van der Waals surface area contributed by atoms with Crippen LogP contribution in [0.3, 0.4) is 0 Å². The molecule has 0 unspecified atom stereocenters. The fraction of sp³-hybridized carbons (Fsp3) is 0. The van der Waals surface area contributed by atoms with Crippen molar-refractivity contribution in [2.45, 2.75) is 0 Å². The molecular weight excluding hydrogens is 154 g/mol. The van der Waals surface area contributed by atoms with Gasteiger partial charge in [0.15, 0.2) is 5.51 Å². The minimum atomic E-state index is 0.885. The summed E-state index contributed by atoms with van der Waals surface area (Å²) < 4.78 is 0. The van der Waals surface area contributed by atoms with Gasteiger partial charge in [-0.15, -0.1) is 11.3 Å². The maximum atomic E-state index is 4.02. The predicted octanol–water partition coefficient (Wildman–Crippen LogP) is 2.41. The molecule has 2 radical (unpaired) electrons. The van der Waals surface area contributed by atoms with E-state index in [2.05, 4.69) is 15.9 Å². The smallest absolute Gasteiger partial charge is 0.153 e. The van der Waals surface area contributed by atoms with Crippen LogP contribution in [0.5, 0.6) is 0 Å². The van der Waals surface area contributed by atoms with Crippen LogP contribution in [0.15, 0.2) is 30.3 Å². The normalized spacial score (nSPS) is 9.82. The molecule has 0 fully saturated rings. The summed E-state index contributed by atoms with van der Waals surface area (Å²) in [5, 5.41) is 3.03. The molecule has 0 N–H and O–H groups in total. The van der Waals surface area contributed by atoms with E-state index in [1.165, 1.54) is 11.3 Å². The molecule has 52 valence electrons. The quantitative estimate of drug-likeness (QED) is 0.622. The molecule has 0 bridgehead atoms. The monoisotopic (exact) mass is 159 g/mol. The zero-order chi connectivity index (χ0) is 7.52. The Labute approximate surface area is 69.3 Å². The maximum absolute atomic E-state index is 4.02. The number of aromatic nitrogens is 1. The van der Waals surface area contributed by atoms with E-state index in [4.69, 9.17) is 0 Å². The Bertz CT molecular complexity index is 313. The molecule has 2 aromatic rings. The van der Waals surface area contributed by atoms with Gasteiger partial charge in [0.1, 0.15) is 0 Å². The highest BCUT2D eigenvalue weighted by Crippen LogP contribution is 2.16. The summed E-state index contributed by atoms with van der Waals surface area (Å²) in [7, 11) is 0. The summed E-state index contributed by atoms with van der Waals surface area (Å²) in [6.45, 7) is 0. The van der Waals surface area contributed by atoms with E-state index in [-0.39, 0.29) is 0 Å². The third-order valence-electron chi connectivity index (χ3n) is 1.40. The minimum Gasteiger partial charge on any atom is -0.233 e. The summed E-state index contributed by atoms with van der Waals surface area (Å²) in [5.74, 6) is 0. The van der Waals surface area contributed by atoms with Gasteiger partial charge in [-0.25, -0.2) is 4.98 Å². The van der Waals surface area contributed by atoms with Gasteiger partial charge in [0.25, 0.3) is 0 Å². The van der Waals surface area contributed by atoms with E-state index in [0.29, 0.717) is 0 Å². The van der Waals surface area contributed by atoms with E-state index in [0.717, 1.165) is 11.3 Å². The van der Waals surface area contributed by atoms with Crippen LogP contribution in [0.25, 0.3) is 11.3 Å². The van der Waals surface area contributed by atoms with Gasteiger partial charge in [0, 0.05) is 5.56 Å². The molecule has 11 heavy (non-hydrogen) atoms. The molecule has 1 nitrogen and oxygen atoms in total. The highest BCUT2D eigenvalue weighted by atomic mass is 32.1. The summed E-state index contributed by atoms with van der Waals surface area (Å²) >= 11 is 1.37. The number of rotatable bonds is 1. The lowest BCUT2D eigenvalue weighted by atomic mass is 10.2. The van der Waals surface area contributed by atoms with Gasteiger partial charge in [-0.2, -0.15) is 0 Å². The third kappa shape index (κ3) is 1.30. The largest absolute Gasteiger partial charge is 0.233 e. The molecule has 0 atom stereocenters. The molecule has 2 rings (SSSR count). The lowest BCUT2D eigenvalue weighted by Gasteiger charge is -1.91. The second-order valence-corrected chi connectivity index (χ2v) is 2.71. The average molecular weight is 159 g/mol. The van der Waals surface area contributed by atoms with Crippen molar-refractivity contribution < 1.29 is 0 Å². The van der Waals surface area contributed by atoms with E-state index in [1.807, 2.05) is 30.3 Å². The van der Waals surface area contributed by atoms with Crippen molar-refractivity contribution in [3.63, 3.8) is 0 Å². The van der Waals surface area contributed by atoms with Crippen LogP contribution in [0.1, 0.15) is 0 Å². The lowest BCUT2D eigenvalue weighted by molar-refractivity contribution is 1.40. The highest BCUT2D eigenvalue weighted by molar-refractivity contribution is 7.06. The van der Waals surface area contributed by atoms with Crippen molar-refractivity contribution in [1.82, 2.24) is 4.98 Å². The van der Waals surface area contributed by atoms with Crippen molar-refractivity contribution in [2.75, 3.05) is 0 Å². The first-order chi connectivity index (χ1) is 5.47. The Morgan fingerprint density at radius 3 is 2.64 bits per heavy atom. The molecule has 1 aromatic carbocycles. The number of nitrogens with zero attached hydrogens (tertiary/aromatic N) is 1. The molecule has 0 aliphatic heterocycles. The fourth-order valence-electron chi connectivity index (χ4n) is 0.882. The highest BCUT2D eigenvalue weighted by Gasteiger charge is 1.96. The molecule has 1 aromatic heterocycles. The van der Waals surface area contributed by atoms with Crippen molar-refractivity contribution in [3.05, 3.63) is 41.2 Å². The number of thiazole rings is 1. The van der Waals surface area contributed by atoms with E-state index >= 15 is 0 Å². The lowest BCUT2D eigenvalue weighted by Crippen LogP contribution is -1.73. The molecule has 0 saturated carbocycles. The standard InChI is InChI=1S/C9H5NS/c1-2-4-8(5-3-1)9-6-11-7-10-9/h1-5H. The average Bonchev–Trinajstić information content (AvgIpc) is 2.58. The topological polar surface area (TPSA) is 12.9 Å². The van der Waals surface area contributed by atoms with Crippen LogP contribution < -0.4 is 0 Å². The van der Waals surface area contributed by atoms with E-state index < -0.39 is 0 Å². The zero-order valence-electron chi connectivity index (χ0n) is 5.74. The minimum absolute atomic E-state index is 0.885. The Morgan fingerprint density at radius 1 is 1.18 bits per heavy atom. The molecule has 0 aliphatic rings. The number of hydrogen-bond acceptors (Lipinski definition) is 2. The predicted molar refractivity (Wildman–Crippen MR) is 45.2 cm³/mol. The summed E-state index contributed by atoms with van der Waals surface area (Å²) in [6.07, 6.45) is 0. The van der Waals surface area contributed by atoms with Crippen molar-refractivity contribution in [1.29, 1.82) is 0 Å². The van der Waals surface area contributed by atoms with Gasteiger partial charge in [-0.1, -0.05) is 30.3 Å². The van der Waals surface area contributed by atoms with Crippen molar-refractivity contribution >= 4 is 11.3 Å². The Balaban J connectivity index is 2.46. The van der Waals surface area contributed by atoms with Gasteiger partial charge in [0.2, 0.25) is 0 Å². The fourth-order valence-corrected chi connectivity index (χ4v) is 1.32. The van der Waals surface area contributed by atoms with E-state index in [1.54, 1.807) is 0 Å². The number of benzene rings is 1. The van der Waals surface area contributed by atoms with Crippen LogP contribution in [-0.2, 0) is 0 Å². The van der Waals surface area contributed by atoms with Gasteiger partial charge in [0.05, 0.1) is 11.1 Å². The first-order valence-corrected chi connectivity index (χ1v) is 4.08. The van der Waals surface area contributed by atoms with Crippen LogP contribution >= 0.6 is 11.3 Å². The second-order valence-electron chi connectivity index (χ2n) is 2.12. The van der Waals surface area contributed by atoms with Crippen LogP contribution in [0.4, 0.5) is 0 Å². The number of hydrogen-bond donors (Lipinski definition) is 0. The van der Waals surface area contributed by atoms with Crippen molar-refractivity contribution in [3.8, 4) is 11.3 Å². The SMILES string of the molecule is [c]1nc(-c2ccccc2)[c]s1. The second kappa shape index (κ2) is 2.84. The molecule has 1 heterocycles. The van der Waals surface area contributed by atoms with Gasteiger partial charge >= 0.3 is 0 Å². The maximum Gasteiger partial charge on any atom is 0.153 e. The van der Waals surface area contributed by atoms with Crippen molar-refractivity contribution in [2.24, 2.45) is 0 Å². The van der Waals surface area contributed by atoms with Crippen LogP contribution in [0, 0.1) is 10.9 Å². The Hall–Kier alpha value is -1.15. The van der Waals surface area contributed by atoms with Crippen LogP contribution in [-0.4, -0.2) is 4.98 Å². The third-order valence-corrected chi connectivity index (χ3v) is 1.88. The summed E-state index contributed by atoms with van der Waals surface area (Å²) in [4.78, 5) is 4.02. The molecule has 2 heteroatoms. The molecular formula is C9H5NS. The summed E-state index contributed by atoms with van der Waals surface area (Å²) in [5.41, 5.74) is 4.75.